The average Bonchev–Trinajstić information content (AvgIpc) is 2.19. The number of nitriles is 1. The Morgan fingerprint density at radius 3 is 2.64 bits per heavy atom. The van der Waals surface area contributed by atoms with E-state index in [-0.39, 0.29) is 5.92 Å². The van der Waals surface area contributed by atoms with Crippen molar-refractivity contribution >= 4 is 0 Å². The highest BCUT2D eigenvalue weighted by atomic mass is 16.3. The van der Waals surface area contributed by atoms with Crippen molar-refractivity contribution in [1.82, 2.24) is 0 Å². The number of nitroso groups, excluding NO2 is 1. The molecule has 0 aromatic heterocycles. The molecule has 1 aliphatic carbocycles. The van der Waals surface area contributed by atoms with E-state index in [0.717, 1.165) is 19.3 Å². The highest BCUT2D eigenvalue weighted by Crippen LogP contribution is 2.39. The molecule has 0 aromatic carbocycles. The Bertz CT molecular complexity index is 234. The summed E-state index contributed by atoms with van der Waals surface area (Å²) in [6.07, 6.45) is 3.00. The van der Waals surface area contributed by atoms with Crippen LogP contribution < -0.4 is 0 Å². The molecule has 1 aliphatic rings. The summed E-state index contributed by atoms with van der Waals surface area (Å²) in [5.41, 5.74) is 0. The zero-order valence-electron chi connectivity index (χ0n) is 8.94. The van der Waals surface area contributed by atoms with Crippen molar-refractivity contribution in [3.8, 4) is 6.07 Å². The summed E-state index contributed by atoms with van der Waals surface area (Å²) in [7, 11) is 0. The molecule has 14 heavy (non-hydrogen) atoms. The summed E-state index contributed by atoms with van der Waals surface area (Å²) in [6, 6.07) is 2.37. The monoisotopic (exact) mass is 194 g/mol. The van der Waals surface area contributed by atoms with Crippen molar-refractivity contribution < 1.29 is 0 Å². The van der Waals surface area contributed by atoms with E-state index < -0.39 is 0 Å². The van der Waals surface area contributed by atoms with Crippen molar-refractivity contribution in [2.45, 2.75) is 33.1 Å². The standard InChI is InChI=1S/C11H18N2O/c1-3-9-5-10(6-12)8(2)4-11(9)7-13-14/h8-11H,3-5,7H2,1-2H3. The Kier molecular flexibility index (Phi) is 4.06. The Balaban J connectivity index is 2.63. The first kappa shape index (κ1) is 11.2. The van der Waals surface area contributed by atoms with Crippen LogP contribution in [0.25, 0.3) is 0 Å². The zero-order chi connectivity index (χ0) is 10.6. The van der Waals surface area contributed by atoms with Gasteiger partial charge in [0.15, 0.2) is 0 Å². The minimum absolute atomic E-state index is 0.183. The maximum Gasteiger partial charge on any atom is 0.0842 e. The molecule has 78 valence electrons. The molecular formula is C11H18N2O. The first-order chi connectivity index (χ1) is 6.72. The van der Waals surface area contributed by atoms with Gasteiger partial charge in [0.2, 0.25) is 0 Å². The van der Waals surface area contributed by atoms with Crippen LogP contribution in [-0.4, -0.2) is 6.54 Å². The van der Waals surface area contributed by atoms with Crippen LogP contribution in [0.5, 0.6) is 0 Å². The second kappa shape index (κ2) is 5.09. The Morgan fingerprint density at radius 1 is 1.43 bits per heavy atom. The Labute approximate surface area is 85.5 Å². The molecule has 0 aromatic rings. The van der Waals surface area contributed by atoms with Crippen molar-refractivity contribution in [2.75, 3.05) is 6.54 Å². The third-order valence-electron chi connectivity index (χ3n) is 3.58. The van der Waals surface area contributed by atoms with Crippen LogP contribution >= 0.6 is 0 Å². The third-order valence-corrected chi connectivity index (χ3v) is 3.58. The van der Waals surface area contributed by atoms with Gasteiger partial charge in [-0.2, -0.15) is 10.2 Å². The fourth-order valence-corrected chi connectivity index (χ4v) is 2.58. The smallest absolute Gasteiger partial charge is 0.0842 e. The molecule has 0 spiro atoms. The SMILES string of the molecule is CCC1CC(C#N)C(C)CC1CN=O. The first-order valence-electron chi connectivity index (χ1n) is 5.41. The quantitative estimate of drug-likeness (QED) is 0.648. The van der Waals surface area contributed by atoms with E-state index in [0.29, 0.717) is 24.3 Å². The van der Waals surface area contributed by atoms with Crippen molar-refractivity contribution in [3.05, 3.63) is 4.91 Å². The van der Waals surface area contributed by atoms with Crippen LogP contribution in [-0.2, 0) is 0 Å². The van der Waals surface area contributed by atoms with Crippen molar-refractivity contribution in [2.24, 2.45) is 28.8 Å². The third kappa shape index (κ3) is 2.31. The van der Waals surface area contributed by atoms with Crippen LogP contribution in [0, 0.1) is 39.9 Å². The highest BCUT2D eigenvalue weighted by Gasteiger charge is 2.34. The Morgan fingerprint density at radius 2 is 2.14 bits per heavy atom. The topological polar surface area (TPSA) is 53.2 Å². The van der Waals surface area contributed by atoms with E-state index in [1.54, 1.807) is 0 Å². The van der Waals surface area contributed by atoms with E-state index in [4.69, 9.17) is 5.26 Å². The zero-order valence-corrected chi connectivity index (χ0v) is 8.94. The fourth-order valence-electron chi connectivity index (χ4n) is 2.58. The van der Waals surface area contributed by atoms with E-state index in [9.17, 15) is 4.91 Å². The molecule has 0 bridgehead atoms. The number of nitrogens with zero attached hydrogens (tertiary/aromatic N) is 2. The largest absolute Gasteiger partial charge is 0.198 e. The fraction of sp³-hybridized carbons (Fsp3) is 0.909. The molecule has 3 nitrogen and oxygen atoms in total. The van der Waals surface area contributed by atoms with Gasteiger partial charge in [-0.25, -0.2) is 0 Å². The van der Waals surface area contributed by atoms with Crippen molar-refractivity contribution in [3.63, 3.8) is 0 Å². The molecule has 1 rings (SSSR count). The van der Waals surface area contributed by atoms with Crippen LogP contribution in [0.4, 0.5) is 0 Å². The lowest BCUT2D eigenvalue weighted by atomic mass is 9.68. The molecule has 0 radical (unpaired) electrons. The van der Waals surface area contributed by atoms with E-state index in [1.807, 2.05) is 0 Å². The van der Waals surface area contributed by atoms with E-state index in [2.05, 4.69) is 25.1 Å². The van der Waals surface area contributed by atoms with Gasteiger partial charge in [-0.05, 0) is 30.6 Å². The maximum absolute atomic E-state index is 10.3. The number of rotatable bonds is 3. The predicted molar refractivity (Wildman–Crippen MR) is 55.4 cm³/mol. The summed E-state index contributed by atoms with van der Waals surface area (Å²) in [6.45, 7) is 4.67. The van der Waals surface area contributed by atoms with Gasteiger partial charge < -0.3 is 0 Å². The molecule has 0 heterocycles. The summed E-state index contributed by atoms with van der Waals surface area (Å²) in [5.74, 6) is 1.54. The van der Waals surface area contributed by atoms with Crippen LogP contribution in [0.2, 0.25) is 0 Å². The average molecular weight is 194 g/mol. The molecular weight excluding hydrogens is 176 g/mol. The van der Waals surface area contributed by atoms with Gasteiger partial charge in [0.25, 0.3) is 0 Å². The summed E-state index contributed by atoms with van der Waals surface area (Å²) < 4.78 is 0. The van der Waals surface area contributed by atoms with E-state index in [1.165, 1.54) is 0 Å². The van der Waals surface area contributed by atoms with Gasteiger partial charge >= 0.3 is 0 Å². The Hall–Kier alpha value is -0.910. The summed E-state index contributed by atoms with van der Waals surface area (Å²) in [5, 5.41) is 12.0. The molecule has 1 saturated carbocycles. The van der Waals surface area contributed by atoms with E-state index >= 15 is 0 Å². The molecule has 0 amide bonds. The normalized spacial score (nSPS) is 37.5. The van der Waals surface area contributed by atoms with Gasteiger partial charge in [0.1, 0.15) is 0 Å². The molecule has 1 fully saturated rings. The lowest BCUT2D eigenvalue weighted by molar-refractivity contribution is 0.153. The summed E-state index contributed by atoms with van der Waals surface area (Å²) in [4.78, 5) is 10.3. The minimum atomic E-state index is 0.183. The molecule has 0 N–H and O–H groups in total. The predicted octanol–water partition coefficient (Wildman–Crippen LogP) is 2.96. The first-order valence-corrected chi connectivity index (χ1v) is 5.41. The number of hydrogen-bond donors (Lipinski definition) is 0. The van der Waals surface area contributed by atoms with Gasteiger partial charge in [-0.3, -0.25) is 0 Å². The van der Waals surface area contributed by atoms with Gasteiger partial charge in [0, 0.05) is 5.92 Å². The molecule has 0 aliphatic heterocycles. The van der Waals surface area contributed by atoms with Gasteiger partial charge in [0.05, 0.1) is 12.6 Å². The van der Waals surface area contributed by atoms with Crippen LogP contribution in [0.15, 0.2) is 5.18 Å². The van der Waals surface area contributed by atoms with Crippen LogP contribution in [0.3, 0.4) is 0 Å². The minimum Gasteiger partial charge on any atom is -0.198 e. The maximum atomic E-state index is 10.3. The highest BCUT2D eigenvalue weighted by molar-refractivity contribution is 4.94. The van der Waals surface area contributed by atoms with Gasteiger partial charge in [-0.1, -0.05) is 25.4 Å². The molecule has 0 saturated heterocycles. The summed E-state index contributed by atoms with van der Waals surface area (Å²) >= 11 is 0. The molecule has 4 unspecified atom stereocenters. The molecule has 4 atom stereocenters. The molecule has 3 heteroatoms. The lowest BCUT2D eigenvalue weighted by Crippen LogP contribution is -2.31. The second-order valence-electron chi connectivity index (χ2n) is 4.42. The second-order valence-corrected chi connectivity index (χ2v) is 4.42. The number of hydrogen-bond acceptors (Lipinski definition) is 3. The van der Waals surface area contributed by atoms with Gasteiger partial charge in [-0.15, -0.1) is 0 Å². The lowest BCUT2D eigenvalue weighted by Gasteiger charge is -2.35. The van der Waals surface area contributed by atoms with Crippen LogP contribution in [0.1, 0.15) is 33.1 Å². The van der Waals surface area contributed by atoms with Crippen molar-refractivity contribution in [1.29, 1.82) is 5.26 Å².